The van der Waals surface area contributed by atoms with Crippen LogP contribution < -0.4 is 5.32 Å². The molecule has 14 heavy (non-hydrogen) atoms. The fourth-order valence-electron chi connectivity index (χ4n) is 1.78. The zero-order chi connectivity index (χ0) is 9.97. The number of fused-ring (bicyclic) bond motifs is 1. The second-order valence-electron chi connectivity index (χ2n) is 3.72. The summed E-state index contributed by atoms with van der Waals surface area (Å²) in [5.41, 5.74) is 3.73. The van der Waals surface area contributed by atoms with Crippen molar-refractivity contribution in [1.82, 2.24) is 4.98 Å². The molecule has 1 aliphatic heterocycles. The lowest BCUT2D eigenvalue weighted by atomic mass is 10.0. The monoisotopic (exact) mass is 188 g/mol. The molecule has 1 aromatic heterocycles. The summed E-state index contributed by atoms with van der Waals surface area (Å²) < 4.78 is 0. The highest BCUT2D eigenvalue weighted by atomic mass is 15.0. The van der Waals surface area contributed by atoms with E-state index in [9.17, 15) is 0 Å². The zero-order valence-corrected chi connectivity index (χ0v) is 8.80. The van der Waals surface area contributed by atoms with Gasteiger partial charge < -0.3 is 5.32 Å². The molecule has 0 spiro atoms. The maximum absolute atomic E-state index is 4.49. The minimum Gasteiger partial charge on any atom is -0.344 e. The number of pyridine rings is 1. The zero-order valence-electron chi connectivity index (χ0n) is 8.80. The average Bonchev–Trinajstić information content (AvgIpc) is 2.17. The lowest BCUT2D eigenvalue weighted by Gasteiger charge is -2.20. The van der Waals surface area contributed by atoms with E-state index in [4.69, 9.17) is 0 Å². The van der Waals surface area contributed by atoms with Crippen LogP contribution in [0.2, 0.25) is 0 Å². The van der Waals surface area contributed by atoms with Gasteiger partial charge in [-0.3, -0.25) is 0 Å². The highest BCUT2D eigenvalue weighted by Crippen LogP contribution is 2.24. The molecular weight excluding hydrogens is 172 g/mol. The molecular formula is C12H16N2. The maximum atomic E-state index is 4.49. The minimum atomic E-state index is 1.05. The van der Waals surface area contributed by atoms with Gasteiger partial charge in [0.15, 0.2) is 0 Å². The van der Waals surface area contributed by atoms with Gasteiger partial charge in [-0.05, 0) is 37.8 Å². The summed E-state index contributed by atoms with van der Waals surface area (Å²) in [7, 11) is 0. The standard InChI is InChI=1S/C12H16N2/c1-3-4-11-8-7-10-6-5-9(2)13-12(10)14-11/h4-6H,3,7-8H2,1-2H3,(H,13,14)/b11-4-. The van der Waals surface area contributed by atoms with Crippen LogP contribution in [0, 0.1) is 6.92 Å². The van der Waals surface area contributed by atoms with E-state index in [1.807, 2.05) is 6.92 Å². The van der Waals surface area contributed by atoms with Crippen LogP contribution in [0.1, 0.15) is 31.0 Å². The van der Waals surface area contributed by atoms with Gasteiger partial charge in [0, 0.05) is 11.4 Å². The van der Waals surface area contributed by atoms with Gasteiger partial charge >= 0.3 is 0 Å². The smallest absolute Gasteiger partial charge is 0.133 e. The van der Waals surface area contributed by atoms with Crippen molar-refractivity contribution in [1.29, 1.82) is 0 Å². The summed E-state index contributed by atoms with van der Waals surface area (Å²) in [5.74, 6) is 1.05. The normalized spacial score (nSPS) is 17.7. The number of hydrogen-bond donors (Lipinski definition) is 1. The molecule has 2 heteroatoms. The van der Waals surface area contributed by atoms with Crippen molar-refractivity contribution >= 4 is 5.82 Å². The Morgan fingerprint density at radius 2 is 2.29 bits per heavy atom. The quantitative estimate of drug-likeness (QED) is 0.732. The van der Waals surface area contributed by atoms with Gasteiger partial charge in [-0.1, -0.05) is 19.1 Å². The van der Waals surface area contributed by atoms with E-state index in [0.29, 0.717) is 0 Å². The van der Waals surface area contributed by atoms with E-state index in [1.54, 1.807) is 0 Å². The molecule has 0 amide bonds. The van der Waals surface area contributed by atoms with Gasteiger partial charge in [-0.15, -0.1) is 0 Å². The SMILES string of the molecule is CC/C=C1/CCc2ccc(C)nc2N1. The van der Waals surface area contributed by atoms with Gasteiger partial charge in [-0.2, -0.15) is 0 Å². The van der Waals surface area contributed by atoms with E-state index < -0.39 is 0 Å². The number of aryl methyl sites for hydroxylation is 2. The van der Waals surface area contributed by atoms with Crippen LogP contribution in [0.25, 0.3) is 0 Å². The van der Waals surface area contributed by atoms with Gasteiger partial charge in [-0.25, -0.2) is 4.98 Å². The third-order valence-corrected chi connectivity index (χ3v) is 2.51. The van der Waals surface area contributed by atoms with E-state index in [0.717, 1.165) is 30.8 Å². The molecule has 2 nitrogen and oxygen atoms in total. The Bertz CT molecular complexity index is 367. The Hall–Kier alpha value is -1.31. The van der Waals surface area contributed by atoms with E-state index in [-0.39, 0.29) is 0 Å². The number of aromatic nitrogens is 1. The van der Waals surface area contributed by atoms with Crippen molar-refractivity contribution in [3.63, 3.8) is 0 Å². The van der Waals surface area contributed by atoms with Crippen LogP contribution in [-0.4, -0.2) is 4.98 Å². The van der Waals surface area contributed by atoms with Gasteiger partial charge in [0.05, 0.1) is 0 Å². The Morgan fingerprint density at radius 1 is 1.43 bits per heavy atom. The molecule has 0 aromatic carbocycles. The first-order valence-electron chi connectivity index (χ1n) is 5.22. The summed E-state index contributed by atoms with van der Waals surface area (Å²) in [4.78, 5) is 4.49. The van der Waals surface area contributed by atoms with Crippen molar-refractivity contribution in [3.05, 3.63) is 35.2 Å². The minimum absolute atomic E-state index is 1.05. The Labute approximate surface area is 85.1 Å². The number of rotatable bonds is 1. The van der Waals surface area contributed by atoms with Crippen LogP contribution in [0.15, 0.2) is 23.9 Å². The summed E-state index contributed by atoms with van der Waals surface area (Å²) >= 11 is 0. The first kappa shape index (κ1) is 9.25. The first-order chi connectivity index (χ1) is 6.79. The van der Waals surface area contributed by atoms with Gasteiger partial charge in [0.1, 0.15) is 5.82 Å². The topological polar surface area (TPSA) is 24.9 Å². The van der Waals surface area contributed by atoms with E-state index in [1.165, 1.54) is 11.3 Å². The number of anilines is 1. The highest BCUT2D eigenvalue weighted by molar-refractivity contribution is 5.52. The Kier molecular flexibility index (Phi) is 2.53. The molecule has 0 aliphatic carbocycles. The second-order valence-corrected chi connectivity index (χ2v) is 3.72. The Morgan fingerprint density at radius 3 is 3.07 bits per heavy atom. The molecule has 74 valence electrons. The Balaban J connectivity index is 2.29. The first-order valence-corrected chi connectivity index (χ1v) is 5.22. The summed E-state index contributed by atoms with van der Waals surface area (Å²) in [6.07, 6.45) is 5.56. The molecule has 0 saturated carbocycles. The molecule has 1 aliphatic rings. The van der Waals surface area contributed by atoms with Crippen LogP contribution in [0.3, 0.4) is 0 Å². The molecule has 0 radical (unpaired) electrons. The average molecular weight is 188 g/mol. The highest BCUT2D eigenvalue weighted by Gasteiger charge is 2.12. The summed E-state index contributed by atoms with van der Waals surface area (Å²) in [5, 5.41) is 3.39. The fraction of sp³-hybridized carbons (Fsp3) is 0.417. The van der Waals surface area contributed by atoms with Crippen molar-refractivity contribution < 1.29 is 0 Å². The van der Waals surface area contributed by atoms with Gasteiger partial charge in [0.2, 0.25) is 0 Å². The molecule has 0 bridgehead atoms. The number of nitrogens with zero attached hydrogens (tertiary/aromatic N) is 1. The van der Waals surface area contributed by atoms with Crippen molar-refractivity contribution in [2.45, 2.75) is 33.1 Å². The van der Waals surface area contributed by atoms with E-state index >= 15 is 0 Å². The van der Waals surface area contributed by atoms with Crippen molar-refractivity contribution in [2.24, 2.45) is 0 Å². The predicted octanol–water partition coefficient (Wildman–Crippen LogP) is 3.04. The predicted molar refractivity (Wildman–Crippen MR) is 59.3 cm³/mol. The van der Waals surface area contributed by atoms with Crippen LogP contribution in [0.4, 0.5) is 5.82 Å². The lowest BCUT2D eigenvalue weighted by molar-refractivity contribution is 0.884. The largest absolute Gasteiger partial charge is 0.344 e. The lowest BCUT2D eigenvalue weighted by Crippen LogP contribution is -2.12. The number of nitrogens with one attached hydrogen (secondary N) is 1. The third-order valence-electron chi connectivity index (χ3n) is 2.51. The van der Waals surface area contributed by atoms with Crippen LogP contribution in [-0.2, 0) is 6.42 Å². The van der Waals surface area contributed by atoms with Gasteiger partial charge in [0.25, 0.3) is 0 Å². The molecule has 2 heterocycles. The van der Waals surface area contributed by atoms with Crippen LogP contribution in [0.5, 0.6) is 0 Å². The molecule has 2 rings (SSSR count). The summed E-state index contributed by atoms with van der Waals surface area (Å²) in [6, 6.07) is 4.25. The van der Waals surface area contributed by atoms with Crippen molar-refractivity contribution in [3.8, 4) is 0 Å². The van der Waals surface area contributed by atoms with E-state index in [2.05, 4.69) is 35.4 Å². The van der Waals surface area contributed by atoms with Crippen molar-refractivity contribution in [2.75, 3.05) is 5.32 Å². The van der Waals surface area contributed by atoms with Crippen LogP contribution >= 0.6 is 0 Å². The molecule has 1 aromatic rings. The molecule has 0 fully saturated rings. The molecule has 0 unspecified atom stereocenters. The molecule has 1 N–H and O–H groups in total. The number of hydrogen-bond acceptors (Lipinski definition) is 2. The molecule has 0 atom stereocenters. The maximum Gasteiger partial charge on any atom is 0.133 e. The fourth-order valence-corrected chi connectivity index (χ4v) is 1.78. The third kappa shape index (κ3) is 1.79. The second kappa shape index (κ2) is 3.82. The summed E-state index contributed by atoms with van der Waals surface area (Å²) in [6.45, 7) is 4.19. The molecule has 0 saturated heterocycles. The number of allylic oxidation sites excluding steroid dienone is 2.